The number of aliphatic carboxylic acids is 1. The maximum atomic E-state index is 11.6. The average Bonchev–Trinajstić information content (AvgIpc) is 2.74. The third-order valence-electron chi connectivity index (χ3n) is 3.02. The summed E-state index contributed by atoms with van der Waals surface area (Å²) in [6, 6.07) is -0.723. The van der Waals surface area contributed by atoms with Crippen LogP contribution in [0.25, 0.3) is 0 Å². The first kappa shape index (κ1) is 12.0. The van der Waals surface area contributed by atoms with E-state index in [9.17, 15) is 9.59 Å². The molecule has 86 valence electrons. The molecule has 1 rings (SSSR count). The van der Waals surface area contributed by atoms with Gasteiger partial charge in [0.05, 0.1) is 0 Å². The number of carbonyl (C=O) groups excluding carboxylic acids is 1. The molecule has 0 saturated heterocycles. The summed E-state index contributed by atoms with van der Waals surface area (Å²) >= 11 is 0. The predicted molar refractivity (Wildman–Crippen MR) is 56.4 cm³/mol. The minimum Gasteiger partial charge on any atom is -0.480 e. The zero-order chi connectivity index (χ0) is 11.6. The third-order valence-corrected chi connectivity index (χ3v) is 3.02. The van der Waals surface area contributed by atoms with E-state index in [1.165, 1.54) is 0 Å². The second-order valence-corrected chi connectivity index (χ2v) is 4.93. The van der Waals surface area contributed by atoms with Crippen LogP contribution in [0, 0.1) is 11.3 Å². The first-order valence-corrected chi connectivity index (χ1v) is 5.41. The van der Waals surface area contributed by atoms with Crippen molar-refractivity contribution in [3.63, 3.8) is 0 Å². The summed E-state index contributed by atoms with van der Waals surface area (Å²) in [7, 11) is 0. The average molecular weight is 213 g/mol. The molecule has 1 amide bonds. The number of hydrogen-bond acceptors (Lipinski definition) is 2. The predicted octanol–water partition coefficient (Wildman–Crippen LogP) is 1.40. The van der Waals surface area contributed by atoms with Crippen LogP contribution in [-0.4, -0.2) is 23.0 Å². The summed E-state index contributed by atoms with van der Waals surface area (Å²) in [5.74, 6) is -1.05. The third kappa shape index (κ3) is 2.94. The summed E-state index contributed by atoms with van der Waals surface area (Å²) in [6.07, 6.45) is 2.11. The maximum absolute atomic E-state index is 11.6. The fourth-order valence-corrected chi connectivity index (χ4v) is 1.73. The molecule has 0 radical (unpaired) electrons. The SMILES string of the molecule is CCC[C@H](NC(=O)C1CC1(C)C)C(=O)O. The van der Waals surface area contributed by atoms with Crippen LogP contribution in [0.2, 0.25) is 0 Å². The Morgan fingerprint density at radius 1 is 1.53 bits per heavy atom. The van der Waals surface area contributed by atoms with Crippen LogP contribution in [0.15, 0.2) is 0 Å². The maximum Gasteiger partial charge on any atom is 0.326 e. The first-order chi connectivity index (χ1) is 6.88. The van der Waals surface area contributed by atoms with Crippen molar-refractivity contribution >= 4 is 11.9 Å². The Kier molecular flexibility index (Phi) is 3.37. The molecule has 0 aromatic heterocycles. The van der Waals surface area contributed by atoms with Crippen LogP contribution in [0.4, 0.5) is 0 Å². The molecule has 0 spiro atoms. The minimum absolute atomic E-state index is 0.00351. The number of nitrogens with one attached hydrogen (secondary N) is 1. The molecule has 4 nitrogen and oxygen atoms in total. The minimum atomic E-state index is -0.941. The lowest BCUT2D eigenvalue weighted by Crippen LogP contribution is -2.41. The number of carboxylic acid groups (broad SMARTS) is 1. The van der Waals surface area contributed by atoms with Crippen molar-refractivity contribution in [3.05, 3.63) is 0 Å². The number of rotatable bonds is 5. The van der Waals surface area contributed by atoms with Gasteiger partial charge in [-0.2, -0.15) is 0 Å². The Labute approximate surface area is 90.0 Å². The largest absolute Gasteiger partial charge is 0.480 e. The first-order valence-electron chi connectivity index (χ1n) is 5.41. The quantitative estimate of drug-likeness (QED) is 0.725. The highest BCUT2D eigenvalue weighted by Gasteiger charge is 2.51. The Morgan fingerprint density at radius 2 is 2.07 bits per heavy atom. The fraction of sp³-hybridized carbons (Fsp3) is 0.818. The van der Waals surface area contributed by atoms with Crippen molar-refractivity contribution in [1.82, 2.24) is 5.32 Å². The Balaban J connectivity index is 2.45. The van der Waals surface area contributed by atoms with Gasteiger partial charge in [0.1, 0.15) is 6.04 Å². The smallest absolute Gasteiger partial charge is 0.326 e. The van der Waals surface area contributed by atoms with Gasteiger partial charge in [-0.3, -0.25) is 4.79 Å². The van der Waals surface area contributed by atoms with Gasteiger partial charge in [-0.25, -0.2) is 4.79 Å². The van der Waals surface area contributed by atoms with Crippen molar-refractivity contribution in [2.45, 2.75) is 46.1 Å². The van der Waals surface area contributed by atoms with Gasteiger partial charge in [0.25, 0.3) is 0 Å². The molecule has 2 N–H and O–H groups in total. The van der Waals surface area contributed by atoms with Crippen molar-refractivity contribution in [2.24, 2.45) is 11.3 Å². The second-order valence-electron chi connectivity index (χ2n) is 4.93. The summed E-state index contributed by atoms with van der Waals surface area (Å²) in [6.45, 7) is 5.95. The van der Waals surface area contributed by atoms with Crippen LogP contribution in [0.1, 0.15) is 40.0 Å². The zero-order valence-corrected chi connectivity index (χ0v) is 9.54. The summed E-state index contributed by atoms with van der Waals surface area (Å²) in [5, 5.41) is 11.5. The van der Waals surface area contributed by atoms with Gasteiger partial charge in [-0.15, -0.1) is 0 Å². The number of hydrogen-bond donors (Lipinski definition) is 2. The van der Waals surface area contributed by atoms with Crippen LogP contribution >= 0.6 is 0 Å². The topological polar surface area (TPSA) is 66.4 Å². The summed E-state index contributed by atoms with van der Waals surface area (Å²) in [4.78, 5) is 22.5. The van der Waals surface area contributed by atoms with E-state index in [0.29, 0.717) is 6.42 Å². The van der Waals surface area contributed by atoms with Gasteiger partial charge in [0, 0.05) is 5.92 Å². The molecular weight excluding hydrogens is 194 g/mol. The lowest BCUT2D eigenvalue weighted by atomic mass is 10.1. The summed E-state index contributed by atoms with van der Waals surface area (Å²) in [5.41, 5.74) is 0.0549. The van der Waals surface area contributed by atoms with Crippen LogP contribution in [0.3, 0.4) is 0 Å². The van der Waals surface area contributed by atoms with Crippen molar-refractivity contribution in [3.8, 4) is 0 Å². The highest BCUT2D eigenvalue weighted by Crippen LogP contribution is 2.51. The van der Waals surface area contributed by atoms with E-state index in [4.69, 9.17) is 5.11 Å². The highest BCUT2D eigenvalue weighted by molar-refractivity contribution is 5.87. The van der Waals surface area contributed by atoms with Gasteiger partial charge in [-0.05, 0) is 18.3 Å². The molecule has 1 aliphatic rings. The number of amides is 1. The van der Waals surface area contributed by atoms with Crippen LogP contribution < -0.4 is 5.32 Å². The van der Waals surface area contributed by atoms with Gasteiger partial charge >= 0.3 is 5.97 Å². The van der Waals surface area contributed by atoms with Gasteiger partial charge in [0.2, 0.25) is 5.91 Å². The molecule has 0 aromatic rings. The zero-order valence-electron chi connectivity index (χ0n) is 9.54. The highest BCUT2D eigenvalue weighted by atomic mass is 16.4. The molecule has 1 unspecified atom stereocenters. The number of carboxylic acids is 1. The molecule has 1 saturated carbocycles. The molecule has 15 heavy (non-hydrogen) atoms. The monoisotopic (exact) mass is 213 g/mol. The Hall–Kier alpha value is -1.06. The normalized spacial score (nSPS) is 24.3. The Morgan fingerprint density at radius 3 is 2.40 bits per heavy atom. The lowest BCUT2D eigenvalue weighted by Gasteiger charge is -2.14. The molecule has 0 bridgehead atoms. The van der Waals surface area contributed by atoms with E-state index in [0.717, 1.165) is 12.8 Å². The van der Waals surface area contributed by atoms with Gasteiger partial charge in [-0.1, -0.05) is 27.2 Å². The van der Waals surface area contributed by atoms with E-state index in [1.807, 2.05) is 20.8 Å². The van der Waals surface area contributed by atoms with E-state index < -0.39 is 12.0 Å². The van der Waals surface area contributed by atoms with E-state index in [-0.39, 0.29) is 17.2 Å². The lowest BCUT2D eigenvalue weighted by molar-refractivity contribution is -0.142. The van der Waals surface area contributed by atoms with E-state index >= 15 is 0 Å². The molecule has 1 fully saturated rings. The molecule has 1 aliphatic carbocycles. The molecule has 0 aliphatic heterocycles. The second kappa shape index (κ2) is 4.21. The molecular formula is C11H19NO3. The molecule has 2 atom stereocenters. The van der Waals surface area contributed by atoms with Gasteiger partial charge < -0.3 is 10.4 Å². The molecule has 0 heterocycles. The van der Waals surface area contributed by atoms with E-state index in [1.54, 1.807) is 0 Å². The van der Waals surface area contributed by atoms with Crippen molar-refractivity contribution in [1.29, 1.82) is 0 Å². The standard InChI is InChI=1S/C11H19NO3/c1-4-5-8(10(14)15)12-9(13)7-6-11(7,2)3/h7-8H,4-6H2,1-3H3,(H,12,13)(H,14,15)/t7?,8-/m0/s1. The van der Waals surface area contributed by atoms with E-state index in [2.05, 4.69) is 5.32 Å². The fourth-order valence-electron chi connectivity index (χ4n) is 1.73. The van der Waals surface area contributed by atoms with Crippen LogP contribution in [0.5, 0.6) is 0 Å². The van der Waals surface area contributed by atoms with Crippen LogP contribution in [-0.2, 0) is 9.59 Å². The molecule has 0 aromatic carbocycles. The van der Waals surface area contributed by atoms with Crippen molar-refractivity contribution in [2.75, 3.05) is 0 Å². The molecule has 4 heteroatoms. The summed E-state index contributed by atoms with van der Waals surface area (Å²) < 4.78 is 0. The van der Waals surface area contributed by atoms with Crippen molar-refractivity contribution < 1.29 is 14.7 Å². The van der Waals surface area contributed by atoms with Gasteiger partial charge in [0.15, 0.2) is 0 Å². The Bertz CT molecular complexity index is 273. The number of carbonyl (C=O) groups is 2.